The molecule has 1 aliphatic heterocycles. The molecule has 112 valence electrons. The number of nitrogens with zero attached hydrogens (tertiary/aromatic N) is 2. The van der Waals surface area contributed by atoms with Crippen LogP contribution < -0.4 is 5.32 Å². The van der Waals surface area contributed by atoms with E-state index in [1.807, 2.05) is 0 Å². The molecule has 0 bridgehead atoms. The minimum Gasteiger partial charge on any atom is -0.388 e. The van der Waals surface area contributed by atoms with Crippen molar-refractivity contribution in [3.8, 4) is 0 Å². The first-order valence-corrected chi connectivity index (χ1v) is 6.69. The van der Waals surface area contributed by atoms with Gasteiger partial charge in [0.2, 0.25) is 5.91 Å². The van der Waals surface area contributed by atoms with Gasteiger partial charge in [0.25, 0.3) is 0 Å². The SMILES string of the molecule is Cc1cc(NC(=O)CN(C)CC2(O)CCOCC2)no1. The Morgan fingerprint density at radius 1 is 1.55 bits per heavy atom. The molecule has 7 heteroatoms. The Bertz CT molecular complexity index is 454. The summed E-state index contributed by atoms with van der Waals surface area (Å²) in [5, 5.41) is 16.7. The summed E-state index contributed by atoms with van der Waals surface area (Å²) < 4.78 is 10.1. The fraction of sp³-hybridized carbons (Fsp3) is 0.692. The number of aromatic nitrogens is 1. The zero-order valence-corrected chi connectivity index (χ0v) is 11.9. The lowest BCUT2D eigenvalue weighted by Gasteiger charge is -2.35. The third-order valence-corrected chi connectivity index (χ3v) is 3.30. The highest BCUT2D eigenvalue weighted by Crippen LogP contribution is 2.21. The number of aryl methyl sites for hydroxylation is 1. The van der Waals surface area contributed by atoms with E-state index >= 15 is 0 Å². The standard InChI is InChI=1S/C13H21N3O4/c1-10-7-11(15-20-10)14-12(17)8-16(2)9-13(18)3-5-19-6-4-13/h7,18H,3-6,8-9H2,1-2H3,(H,14,15,17). The van der Waals surface area contributed by atoms with Gasteiger partial charge in [-0.2, -0.15) is 0 Å². The van der Waals surface area contributed by atoms with E-state index < -0.39 is 5.60 Å². The first-order chi connectivity index (χ1) is 9.47. The third kappa shape index (κ3) is 4.29. The van der Waals surface area contributed by atoms with Gasteiger partial charge in [-0.05, 0) is 14.0 Å². The molecule has 0 spiro atoms. The molecule has 0 radical (unpaired) electrons. The lowest BCUT2D eigenvalue weighted by molar-refractivity contribution is -0.118. The highest BCUT2D eigenvalue weighted by atomic mass is 16.5. The number of hydrogen-bond acceptors (Lipinski definition) is 6. The monoisotopic (exact) mass is 283 g/mol. The Hall–Kier alpha value is -1.44. The minimum absolute atomic E-state index is 0.184. The van der Waals surface area contributed by atoms with Gasteiger partial charge in [0.05, 0.1) is 12.1 Å². The Kier molecular flexibility index (Phi) is 4.74. The van der Waals surface area contributed by atoms with Crippen molar-refractivity contribution in [2.45, 2.75) is 25.4 Å². The molecule has 7 nitrogen and oxygen atoms in total. The van der Waals surface area contributed by atoms with E-state index in [-0.39, 0.29) is 12.5 Å². The smallest absolute Gasteiger partial charge is 0.239 e. The zero-order chi connectivity index (χ0) is 14.6. The number of hydrogen-bond donors (Lipinski definition) is 2. The van der Waals surface area contributed by atoms with Crippen molar-refractivity contribution in [2.24, 2.45) is 0 Å². The molecule has 1 amide bonds. The third-order valence-electron chi connectivity index (χ3n) is 3.30. The summed E-state index contributed by atoms with van der Waals surface area (Å²) in [5.41, 5.74) is -0.766. The maximum atomic E-state index is 11.8. The van der Waals surface area contributed by atoms with Crippen molar-refractivity contribution in [2.75, 3.05) is 38.7 Å². The van der Waals surface area contributed by atoms with E-state index in [2.05, 4.69) is 10.5 Å². The van der Waals surface area contributed by atoms with Crippen molar-refractivity contribution in [3.63, 3.8) is 0 Å². The maximum absolute atomic E-state index is 11.8. The number of aliphatic hydroxyl groups is 1. The lowest BCUT2D eigenvalue weighted by atomic mass is 9.94. The summed E-state index contributed by atoms with van der Waals surface area (Å²) >= 11 is 0. The van der Waals surface area contributed by atoms with Crippen molar-refractivity contribution >= 4 is 11.7 Å². The van der Waals surface area contributed by atoms with Gasteiger partial charge in [-0.25, -0.2) is 0 Å². The summed E-state index contributed by atoms with van der Waals surface area (Å²) in [7, 11) is 1.81. The summed E-state index contributed by atoms with van der Waals surface area (Å²) in [6.07, 6.45) is 1.20. The number of nitrogens with one attached hydrogen (secondary N) is 1. The van der Waals surface area contributed by atoms with Crippen LogP contribution >= 0.6 is 0 Å². The molecular weight excluding hydrogens is 262 g/mol. The molecule has 2 heterocycles. The molecule has 2 rings (SSSR count). The molecule has 20 heavy (non-hydrogen) atoms. The fourth-order valence-electron chi connectivity index (χ4n) is 2.32. The van der Waals surface area contributed by atoms with Gasteiger partial charge in [-0.3, -0.25) is 9.69 Å². The van der Waals surface area contributed by atoms with Crippen molar-refractivity contribution in [1.82, 2.24) is 10.1 Å². The quantitative estimate of drug-likeness (QED) is 0.813. The van der Waals surface area contributed by atoms with Gasteiger partial charge >= 0.3 is 0 Å². The summed E-state index contributed by atoms with van der Waals surface area (Å²) in [6, 6.07) is 1.66. The molecule has 1 aliphatic rings. The van der Waals surface area contributed by atoms with E-state index in [1.165, 1.54) is 0 Å². The maximum Gasteiger partial charge on any atom is 0.239 e. The summed E-state index contributed by atoms with van der Waals surface area (Å²) in [5.74, 6) is 0.868. The van der Waals surface area contributed by atoms with E-state index in [0.29, 0.717) is 44.2 Å². The normalized spacial score (nSPS) is 18.2. The van der Waals surface area contributed by atoms with Crippen LogP contribution in [-0.2, 0) is 9.53 Å². The molecular formula is C13H21N3O4. The largest absolute Gasteiger partial charge is 0.388 e. The number of ether oxygens (including phenoxy) is 1. The molecule has 0 saturated carbocycles. The van der Waals surface area contributed by atoms with Gasteiger partial charge in [0.15, 0.2) is 5.82 Å². The number of anilines is 1. The number of rotatable bonds is 5. The van der Waals surface area contributed by atoms with Crippen LogP contribution in [0.2, 0.25) is 0 Å². The van der Waals surface area contributed by atoms with Crippen LogP contribution in [0.15, 0.2) is 10.6 Å². The molecule has 0 aliphatic carbocycles. The Labute approximate surface area is 117 Å². The second-order valence-corrected chi connectivity index (χ2v) is 5.38. The number of carbonyl (C=O) groups is 1. The van der Waals surface area contributed by atoms with Gasteiger partial charge in [-0.1, -0.05) is 5.16 Å². The van der Waals surface area contributed by atoms with Gasteiger partial charge < -0.3 is 19.7 Å². The van der Waals surface area contributed by atoms with E-state index in [0.717, 1.165) is 0 Å². The summed E-state index contributed by atoms with van der Waals surface area (Å²) in [6.45, 7) is 3.52. The number of amides is 1. The highest BCUT2D eigenvalue weighted by molar-refractivity contribution is 5.91. The van der Waals surface area contributed by atoms with E-state index in [4.69, 9.17) is 9.26 Å². The minimum atomic E-state index is -0.766. The topological polar surface area (TPSA) is 87.8 Å². The van der Waals surface area contributed by atoms with Crippen LogP contribution in [0.5, 0.6) is 0 Å². The van der Waals surface area contributed by atoms with Crippen LogP contribution in [0.1, 0.15) is 18.6 Å². The Morgan fingerprint density at radius 3 is 2.85 bits per heavy atom. The second-order valence-electron chi connectivity index (χ2n) is 5.38. The van der Waals surface area contributed by atoms with Crippen LogP contribution in [-0.4, -0.2) is 60.0 Å². The van der Waals surface area contributed by atoms with Crippen LogP contribution in [0, 0.1) is 6.92 Å². The Morgan fingerprint density at radius 2 is 2.25 bits per heavy atom. The average Bonchev–Trinajstić information content (AvgIpc) is 2.74. The van der Waals surface area contributed by atoms with Crippen LogP contribution in [0.4, 0.5) is 5.82 Å². The van der Waals surface area contributed by atoms with Crippen LogP contribution in [0.25, 0.3) is 0 Å². The van der Waals surface area contributed by atoms with Gasteiger partial charge in [0.1, 0.15) is 5.76 Å². The molecule has 1 aromatic heterocycles. The van der Waals surface area contributed by atoms with E-state index in [9.17, 15) is 9.90 Å². The highest BCUT2D eigenvalue weighted by Gasteiger charge is 2.31. The fourth-order valence-corrected chi connectivity index (χ4v) is 2.32. The van der Waals surface area contributed by atoms with Gasteiger partial charge in [-0.15, -0.1) is 0 Å². The zero-order valence-electron chi connectivity index (χ0n) is 11.9. The second kappa shape index (κ2) is 6.34. The first kappa shape index (κ1) is 15.0. The first-order valence-electron chi connectivity index (χ1n) is 6.69. The molecule has 0 unspecified atom stereocenters. The Balaban J connectivity index is 1.78. The molecule has 1 saturated heterocycles. The number of likely N-dealkylation sites (N-methyl/N-ethyl adjacent to an activating group) is 1. The predicted molar refractivity (Wildman–Crippen MR) is 72.4 cm³/mol. The van der Waals surface area contributed by atoms with E-state index in [1.54, 1.807) is 24.9 Å². The van der Waals surface area contributed by atoms with Crippen molar-refractivity contribution < 1.29 is 19.2 Å². The summed E-state index contributed by atoms with van der Waals surface area (Å²) in [4.78, 5) is 13.6. The molecule has 1 aromatic rings. The molecule has 0 aromatic carbocycles. The molecule has 1 fully saturated rings. The van der Waals surface area contributed by atoms with Gasteiger partial charge in [0, 0.05) is 38.7 Å². The van der Waals surface area contributed by atoms with Crippen molar-refractivity contribution in [1.29, 1.82) is 0 Å². The number of carbonyl (C=O) groups excluding carboxylic acids is 1. The predicted octanol–water partition coefficient (Wildman–Crippen LogP) is 0.395. The lowest BCUT2D eigenvalue weighted by Crippen LogP contribution is -2.47. The average molecular weight is 283 g/mol. The molecule has 2 N–H and O–H groups in total. The molecule has 0 atom stereocenters. The van der Waals surface area contributed by atoms with Crippen LogP contribution in [0.3, 0.4) is 0 Å². The van der Waals surface area contributed by atoms with Crippen molar-refractivity contribution in [3.05, 3.63) is 11.8 Å².